The summed E-state index contributed by atoms with van der Waals surface area (Å²) in [5, 5.41) is 20.4. The molecule has 0 saturated heterocycles. The zero-order valence-electron chi connectivity index (χ0n) is 10.7. The van der Waals surface area contributed by atoms with Gasteiger partial charge in [0.15, 0.2) is 11.9 Å². The Kier molecular flexibility index (Phi) is 4.67. The zero-order chi connectivity index (χ0) is 14.5. The molecule has 0 radical (unpaired) electrons. The molecule has 1 aromatic carbocycles. The molecule has 0 aliphatic rings. The molecule has 106 valence electrons. The largest absolute Gasteiger partial charge is 0.480 e. The zero-order valence-corrected chi connectivity index (χ0v) is 11.5. The molecule has 1 N–H and O–H groups in total. The number of hydrogen-bond acceptors (Lipinski definition) is 5. The van der Waals surface area contributed by atoms with Crippen molar-refractivity contribution in [3.05, 3.63) is 30.1 Å². The summed E-state index contributed by atoms with van der Waals surface area (Å²) in [6.45, 7) is 0. The number of tetrazole rings is 1. The fraction of sp³-hybridized carbons (Fsp3) is 0.333. The van der Waals surface area contributed by atoms with Gasteiger partial charge in [-0.15, -0.1) is 5.10 Å². The minimum Gasteiger partial charge on any atom is -0.480 e. The summed E-state index contributed by atoms with van der Waals surface area (Å²) in [5.41, 5.74) is 0.576. The van der Waals surface area contributed by atoms with E-state index in [1.807, 2.05) is 6.26 Å². The van der Waals surface area contributed by atoms with Gasteiger partial charge in [0.2, 0.25) is 0 Å². The minimum atomic E-state index is -0.991. The molecule has 1 atom stereocenters. The van der Waals surface area contributed by atoms with Crippen molar-refractivity contribution in [3.63, 3.8) is 0 Å². The van der Waals surface area contributed by atoms with Crippen molar-refractivity contribution in [3.8, 4) is 11.4 Å². The van der Waals surface area contributed by atoms with E-state index in [0.29, 0.717) is 23.6 Å². The summed E-state index contributed by atoms with van der Waals surface area (Å²) < 4.78 is 14.2. The molecule has 1 aromatic heterocycles. The van der Waals surface area contributed by atoms with Crippen LogP contribution in [0.3, 0.4) is 0 Å². The van der Waals surface area contributed by atoms with E-state index in [0.717, 1.165) is 0 Å². The summed E-state index contributed by atoms with van der Waals surface area (Å²) >= 11 is 1.55. The van der Waals surface area contributed by atoms with Crippen LogP contribution in [0.5, 0.6) is 0 Å². The minimum absolute atomic E-state index is 0.318. The molecule has 20 heavy (non-hydrogen) atoms. The number of carboxylic acids is 1. The van der Waals surface area contributed by atoms with Crippen LogP contribution in [-0.4, -0.2) is 43.3 Å². The highest BCUT2D eigenvalue weighted by molar-refractivity contribution is 7.98. The molecule has 1 unspecified atom stereocenters. The number of carboxylic acid groups (broad SMARTS) is 1. The molecule has 0 aliphatic heterocycles. The van der Waals surface area contributed by atoms with Gasteiger partial charge in [0.05, 0.1) is 0 Å². The van der Waals surface area contributed by atoms with Gasteiger partial charge in [0.1, 0.15) is 5.82 Å². The maximum atomic E-state index is 12.9. The Morgan fingerprint density at radius 3 is 2.75 bits per heavy atom. The van der Waals surface area contributed by atoms with Gasteiger partial charge in [0.25, 0.3) is 0 Å². The third-order valence-corrected chi connectivity index (χ3v) is 3.41. The Labute approximate surface area is 119 Å². The monoisotopic (exact) mass is 296 g/mol. The summed E-state index contributed by atoms with van der Waals surface area (Å²) in [4.78, 5) is 11.4. The van der Waals surface area contributed by atoms with Gasteiger partial charge in [-0.1, -0.05) is 0 Å². The number of halogens is 1. The van der Waals surface area contributed by atoms with Crippen LogP contribution in [0.15, 0.2) is 24.3 Å². The predicted octanol–water partition coefficient (Wildman–Crippen LogP) is 1.86. The standard InChI is InChI=1S/C12H13FN4O2S/c1-20-7-6-10(12(18)19)17-11(14-15-16-17)8-2-4-9(13)5-3-8/h2-5,10H,6-7H2,1H3,(H,18,19). The molecule has 0 bridgehead atoms. The van der Waals surface area contributed by atoms with Crippen LogP contribution in [0.25, 0.3) is 11.4 Å². The third kappa shape index (κ3) is 3.13. The summed E-state index contributed by atoms with van der Waals surface area (Å²) in [5.74, 6) is -0.363. The van der Waals surface area contributed by atoms with Crippen molar-refractivity contribution >= 4 is 17.7 Å². The Morgan fingerprint density at radius 1 is 1.45 bits per heavy atom. The number of benzene rings is 1. The summed E-state index contributed by atoms with van der Waals surface area (Å²) in [6, 6.07) is 4.77. The summed E-state index contributed by atoms with van der Waals surface area (Å²) in [6.07, 6.45) is 2.31. The molecular weight excluding hydrogens is 283 g/mol. The van der Waals surface area contributed by atoms with Crippen molar-refractivity contribution in [2.24, 2.45) is 0 Å². The van der Waals surface area contributed by atoms with Gasteiger partial charge in [-0.3, -0.25) is 0 Å². The molecule has 0 saturated carbocycles. The fourth-order valence-electron chi connectivity index (χ4n) is 1.77. The first kappa shape index (κ1) is 14.4. The normalized spacial score (nSPS) is 12.3. The molecule has 0 amide bonds. The van der Waals surface area contributed by atoms with Crippen LogP contribution in [0.1, 0.15) is 12.5 Å². The first-order valence-electron chi connectivity index (χ1n) is 5.89. The second kappa shape index (κ2) is 6.47. The van der Waals surface area contributed by atoms with Gasteiger partial charge < -0.3 is 5.11 Å². The van der Waals surface area contributed by atoms with Crippen LogP contribution in [0.2, 0.25) is 0 Å². The second-order valence-electron chi connectivity index (χ2n) is 4.09. The van der Waals surface area contributed by atoms with Gasteiger partial charge in [0, 0.05) is 5.56 Å². The lowest BCUT2D eigenvalue weighted by Crippen LogP contribution is -2.22. The lowest BCUT2D eigenvalue weighted by Gasteiger charge is -2.13. The first-order valence-corrected chi connectivity index (χ1v) is 7.28. The van der Waals surface area contributed by atoms with Crippen molar-refractivity contribution in [2.75, 3.05) is 12.0 Å². The third-order valence-electron chi connectivity index (χ3n) is 2.77. The topological polar surface area (TPSA) is 80.9 Å². The smallest absolute Gasteiger partial charge is 0.328 e. The number of nitrogens with zero attached hydrogens (tertiary/aromatic N) is 4. The number of thioether (sulfide) groups is 1. The van der Waals surface area contributed by atoms with E-state index in [2.05, 4.69) is 15.5 Å². The van der Waals surface area contributed by atoms with E-state index in [9.17, 15) is 14.3 Å². The Morgan fingerprint density at radius 2 is 2.15 bits per heavy atom. The highest BCUT2D eigenvalue weighted by atomic mass is 32.2. The van der Waals surface area contributed by atoms with Crippen LogP contribution >= 0.6 is 11.8 Å². The lowest BCUT2D eigenvalue weighted by atomic mass is 10.2. The van der Waals surface area contributed by atoms with E-state index in [1.165, 1.54) is 28.9 Å². The van der Waals surface area contributed by atoms with Crippen molar-refractivity contribution < 1.29 is 14.3 Å². The predicted molar refractivity (Wildman–Crippen MR) is 72.9 cm³/mol. The highest BCUT2D eigenvalue weighted by Gasteiger charge is 2.24. The first-order chi connectivity index (χ1) is 9.63. The molecular formula is C12H13FN4O2S. The Hall–Kier alpha value is -1.96. The Bertz CT molecular complexity index is 587. The molecule has 6 nitrogen and oxygen atoms in total. The van der Waals surface area contributed by atoms with Crippen LogP contribution in [-0.2, 0) is 4.79 Å². The lowest BCUT2D eigenvalue weighted by molar-refractivity contribution is -0.141. The molecule has 0 aliphatic carbocycles. The average molecular weight is 296 g/mol. The number of rotatable bonds is 6. The maximum absolute atomic E-state index is 12.9. The molecule has 8 heteroatoms. The second-order valence-corrected chi connectivity index (χ2v) is 5.08. The number of carbonyl (C=O) groups is 1. The number of aliphatic carboxylic acids is 1. The molecule has 1 heterocycles. The Balaban J connectivity index is 2.35. The van der Waals surface area contributed by atoms with E-state index in [1.54, 1.807) is 11.8 Å². The van der Waals surface area contributed by atoms with Crippen molar-refractivity contribution in [1.82, 2.24) is 20.2 Å². The van der Waals surface area contributed by atoms with Crippen LogP contribution in [0.4, 0.5) is 4.39 Å². The van der Waals surface area contributed by atoms with E-state index in [-0.39, 0.29) is 5.82 Å². The van der Waals surface area contributed by atoms with E-state index < -0.39 is 12.0 Å². The van der Waals surface area contributed by atoms with Crippen molar-refractivity contribution in [2.45, 2.75) is 12.5 Å². The molecule has 0 spiro atoms. The van der Waals surface area contributed by atoms with Gasteiger partial charge in [-0.2, -0.15) is 11.8 Å². The van der Waals surface area contributed by atoms with Gasteiger partial charge >= 0.3 is 5.97 Å². The van der Waals surface area contributed by atoms with Gasteiger partial charge in [-0.05, 0) is 53.1 Å². The molecule has 2 aromatic rings. The highest BCUT2D eigenvalue weighted by Crippen LogP contribution is 2.22. The van der Waals surface area contributed by atoms with Crippen LogP contribution in [0, 0.1) is 5.82 Å². The van der Waals surface area contributed by atoms with Crippen molar-refractivity contribution in [1.29, 1.82) is 0 Å². The van der Waals surface area contributed by atoms with Gasteiger partial charge in [-0.25, -0.2) is 13.9 Å². The SMILES string of the molecule is CSCCC(C(=O)O)n1nnnc1-c1ccc(F)cc1. The number of hydrogen-bond donors (Lipinski definition) is 1. The van der Waals surface area contributed by atoms with E-state index in [4.69, 9.17) is 0 Å². The van der Waals surface area contributed by atoms with Crippen LogP contribution < -0.4 is 0 Å². The van der Waals surface area contributed by atoms with E-state index >= 15 is 0 Å². The number of aromatic nitrogens is 4. The summed E-state index contributed by atoms with van der Waals surface area (Å²) in [7, 11) is 0. The molecule has 0 fully saturated rings. The molecule has 2 rings (SSSR count). The average Bonchev–Trinajstić information content (AvgIpc) is 2.89. The quantitative estimate of drug-likeness (QED) is 0.876. The fourth-order valence-corrected chi connectivity index (χ4v) is 2.23. The maximum Gasteiger partial charge on any atom is 0.328 e.